The van der Waals surface area contributed by atoms with Gasteiger partial charge in [0.05, 0.1) is 6.07 Å². The van der Waals surface area contributed by atoms with Crippen LogP contribution in [-0.4, -0.2) is 28.9 Å². The van der Waals surface area contributed by atoms with Crippen LogP contribution in [0.2, 0.25) is 0 Å². The predicted octanol–water partition coefficient (Wildman–Crippen LogP) is 2.80. The molecule has 4 nitrogen and oxygen atoms in total. The lowest BCUT2D eigenvalue weighted by Gasteiger charge is -2.20. The fourth-order valence-electron chi connectivity index (χ4n) is 2.50. The first-order chi connectivity index (χ1) is 10.0. The summed E-state index contributed by atoms with van der Waals surface area (Å²) >= 11 is 5.28. The highest BCUT2D eigenvalue weighted by Crippen LogP contribution is 2.19. The van der Waals surface area contributed by atoms with E-state index in [-0.39, 0.29) is 10.9 Å². The summed E-state index contributed by atoms with van der Waals surface area (Å²) in [5.74, 6) is -1.09. The van der Waals surface area contributed by atoms with Gasteiger partial charge < -0.3 is 10.2 Å². The number of benzene rings is 1. The molecule has 1 N–H and O–H groups in total. The van der Waals surface area contributed by atoms with Crippen molar-refractivity contribution >= 4 is 28.8 Å². The molecule has 0 aliphatic carbocycles. The Morgan fingerprint density at radius 3 is 2.62 bits per heavy atom. The number of likely N-dealkylation sites (tertiary alicyclic amines) is 1. The van der Waals surface area contributed by atoms with Crippen molar-refractivity contribution in [1.82, 2.24) is 4.90 Å². The monoisotopic (exact) mass is 301 g/mol. The molecule has 1 heterocycles. The highest BCUT2D eigenvalue weighted by atomic mass is 32.1. The molecule has 0 aromatic heterocycles. The molecule has 1 aromatic carbocycles. The van der Waals surface area contributed by atoms with Gasteiger partial charge in [0.25, 0.3) is 0 Å². The minimum absolute atomic E-state index is 0.183. The molecule has 21 heavy (non-hydrogen) atoms. The Morgan fingerprint density at radius 1 is 1.38 bits per heavy atom. The first kappa shape index (κ1) is 15.5. The number of carbonyl (C=O) groups is 1. The lowest BCUT2D eigenvalue weighted by Crippen LogP contribution is -2.38. The largest absolute Gasteiger partial charge is 0.348 e. The van der Waals surface area contributed by atoms with Crippen LogP contribution >= 0.6 is 12.2 Å². The van der Waals surface area contributed by atoms with Crippen molar-refractivity contribution in [2.75, 3.05) is 18.4 Å². The fraction of sp³-hybridized carbons (Fsp3) is 0.438. The average molecular weight is 301 g/mol. The predicted molar refractivity (Wildman–Crippen MR) is 87.1 cm³/mol. The second kappa shape index (κ2) is 6.68. The molecule has 1 aliphatic heterocycles. The van der Waals surface area contributed by atoms with E-state index < -0.39 is 5.92 Å². The topological polar surface area (TPSA) is 56.1 Å². The molecule has 0 spiro atoms. The molecule has 1 unspecified atom stereocenters. The summed E-state index contributed by atoms with van der Waals surface area (Å²) in [5, 5.41) is 12.3. The number of carbonyl (C=O) groups excluding carboxylic acids is 1. The Kier molecular flexibility index (Phi) is 4.92. The van der Waals surface area contributed by atoms with E-state index in [1.165, 1.54) is 0 Å². The van der Waals surface area contributed by atoms with Gasteiger partial charge in [-0.3, -0.25) is 4.79 Å². The number of amides is 1. The molecule has 1 aromatic rings. The molecule has 2 rings (SSSR count). The van der Waals surface area contributed by atoms with E-state index >= 15 is 0 Å². The SMILES string of the molecule is Cc1ccc(NC(=S)C(C#N)C(=O)N2CCCC2)c(C)c1. The maximum atomic E-state index is 12.3. The number of aryl methyl sites for hydroxylation is 2. The van der Waals surface area contributed by atoms with Gasteiger partial charge >= 0.3 is 0 Å². The highest BCUT2D eigenvalue weighted by molar-refractivity contribution is 7.80. The Labute approximate surface area is 130 Å². The molecule has 0 radical (unpaired) electrons. The van der Waals surface area contributed by atoms with Crippen LogP contribution in [0.25, 0.3) is 0 Å². The van der Waals surface area contributed by atoms with Gasteiger partial charge in [-0.05, 0) is 38.3 Å². The molecule has 1 fully saturated rings. The molecule has 0 saturated carbocycles. The Hall–Kier alpha value is -1.93. The molecular formula is C16H19N3OS. The number of rotatable bonds is 3. The lowest BCUT2D eigenvalue weighted by molar-refractivity contribution is -0.130. The maximum absolute atomic E-state index is 12.3. The maximum Gasteiger partial charge on any atom is 0.246 e. The third-order valence-electron chi connectivity index (χ3n) is 3.70. The smallest absolute Gasteiger partial charge is 0.246 e. The average Bonchev–Trinajstić information content (AvgIpc) is 2.96. The van der Waals surface area contributed by atoms with Crippen LogP contribution < -0.4 is 5.32 Å². The van der Waals surface area contributed by atoms with Crippen molar-refractivity contribution in [3.8, 4) is 6.07 Å². The molecule has 110 valence electrons. The van der Waals surface area contributed by atoms with Gasteiger partial charge in [0.2, 0.25) is 5.91 Å². The minimum atomic E-state index is -0.904. The summed E-state index contributed by atoms with van der Waals surface area (Å²) < 4.78 is 0. The van der Waals surface area contributed by atoms with Crippen LogP contribution in [-0.2, 0) is 4.79 Å². The Morgan fingerprint density at radius 2 is 2.05 bits per heavy atom. The van der Waals surface area contributed by atoms with Gasteiger partial charge in [-0.2, -0.15) is 5.26 Å². The summed E-state index contributed by atoms with van der Waals surface area (Å²) in [6, 6.07) is 7.97. The van der Waals surface area contributed by atoms with E-state index in [4.69, 9.17) is 12.2 Å². The van der Waals surface area contributed by atoms with Crippen molar-refractivity contribution in [2.24, 2.45) is 5.92 Å². The van der Waals surface area contributed by atoms with Crippen LogP contribution in [0.3, 0.4) is 0 Å². The molecule has 0 bridgehead atoms. The second-order valence-electron chi connectivity index (χ2n) is 5.40. The van der Waals surface area contributed by atoms with Gasteiger partial charge in [0, 0.05) is 18.8 Å². The zero-order chi connectivity index (χ0) is 15.4. The molecule has 1 amide bonds. The quantitative estimate of drug-likeness (QED) is 0.872. The number of nitrogens with zero attached hydrogens (tertiary/aromatic N) is 2. The van der Waals surface area contributed by atoms with Crippen molar-refractivity contribution in [2.45, 2.75) is 26.7 Å². The van der Waals surface area contributed by atoms with Crippen LogP contribution in [0.4, 0.5) is 5.69 Å². The first-order valence-corrected chi connectivity index (χ1v) is 7.50. The van der Waals surface area contributed by atoms with Crippen LogP contribution in [0.15, 0.2) is 18.2 Å². The van der Waals surface area contributed by atoms with E-state index in [2.05, 4.69) is 5.32 Å². The number of nitrogens with one attached hydrogen (secondary N) is 1. The van der Waals surface area contributed by atoms with E-state index in [0.29, 0.717) is 0 Å². The second-order valence-corrected chi connectivity index (χ2v) is 5.84. The van der Waals surface area contributed by atoms with Gasteiger partial charge in [-0.25, -0.2) is 0 Å². The Bertz CT molecular complexity index is 600. The van der Waals surface area contributed by atoms with E-state index in [1.54, 1.807) is 4.90 Å². The Balaban J connectivity index is 2.10. The van der Waals surface area contributed by atoms with Crippen molar-refractivity contribution in [1.29, 1.82) is 5.26 Å². The highest BCUT2D eigenvalue weighted by Gasteiger charge is 2.29. The molecule has 1 aliphatic rings. The standard InChI is InChI=1S/C16H19N3OS/c1-11-5-6-14(12(2)9-11)18-15(21)13(10-17)16(20)19-7-3-4-8-19/h5-6,9,13H,3-4,7-8H2,1-2H3,(H,18,21). The zero-order valence-corrected chi connectivity index (χ0v) is 13.2. The van der Waals surface area contributed by atoms with E-state index in [0.717, 1.165) is 42.7 Å². The van der Waals surface area contributed by atoms with Gasteiger partial charge in [0.15, 0.2) is 5.92 Å². The summed E-state index contributed by atoms with van der Waals surface area (Å²) in [7, 11) is 0. The third-order valence-corrected chi connectivity index (χ3v) is 4.03. The number of hydrogen-bond acceptors (Lipinski definition) is 3. The summed E-state index contributed by atoms with van der Waals surface area (Å²) in [5.41, 5.74) is 3.05. The minimum Gasteiger partial charge on any atom is -0.348 e. The van der Waals surface area contributed by atoms with E-state index in [9.17, 15) is 10.1 Å². The van der Waals surface area contributed by atoms with Gasteiger partial charge in [0.1, 0.15) is 4.99 Å². The zero-order valence-electron chi connectivity index (χ0n) is 12.3. The lowest BCUT2D eigenvalue weighted by atomic mass is 10.1. The van der Waals surface area contributed by atoms with Crippen molar-refractivity contribution < 1.29 is 4.79 Å². The van der Waals surface area contributed by atoms with Crippen LogP contribution in [0.1, 0.15) is 24.0 Å². The molecule has 5 heteroatoms. The third kappa shape index (κ3) is 3.59. The first-order valence-electron chi connectivity index (χ1n) is 7.09. The molecule has 1 atom stereocenters. The molecular weight excluding hydrogens is 282 g/mol. The summed E-state index contributed by atoms with van der Waals surface area (Å²) in [4.78, 5) is 14.3. The number of nitriles is 1. The fourth-order valence-corrected chi connectivity index (χ4v) is 2.77. The van der Waals surface area contributed by atoms with Crippen LogP contribution in [0.5, 0.6) is 0 Å². The summed E-state index contributed by atoms with van der Waals surface area (Å²) in [6.07, 6.45) is 2.00. The van der Waals surface area contributed by atoms with E-state index in [1.807, 2.05) is 38.1 Å². The number of thiocarbonyl (C=S) groups is 1. The molecule has 1 saturated heterocycles. The van der Waals surface area contributed by atoms with Gasteiger partial charge in [-0.1, -0.05) is 29.9 Å². The number of hydrogen-bond donors (Lipinski definition) is 1. The summed E-state index contributed by atoms with van der Waals surface area (Å²) in [6.45, 7) is 5.44. The van der Waals surface area contributed by atoms with Crippen molar-refractivity contribution in [3.63, 3.8) is 0 Å². The van der Waals surface area contributed by atoms with Gasteiger partial charge in [-0.15, -0.1) is 0 Å². The van der Waals surface area contributed by atoms with Crippen molar-refractivity contribution in [3.05, 3.63) is 29.3 Å². The van der Waals surface area contributed by atoms with Crippen LogP contribution in [0, 0.1) is 31.1 Å². The number of anilines is 1. The normalized spacial score (nSPS) is 15.4.